The first-order chi connectivity index (χ1) is 13.8. The second-order valence-electron chi connectivity index (χ2n) is 7.58. The zero-order valence-corrected chi connectivity index (χ0v) is 16.1. The van der Waals surface area contributed by atoms with Crippen LogP contribution in [0.2, 0.25) is 0 Å². The molecule has 1 aromatic carbocycles. The van der Waals surface area contributed by atoms with Crippen LogP contribution in [-0.2, 0) is 11.3 Å². The average molecular weight is 380 g/mol. The van der Waals surface area contributed by atoms with Gasteiger partial charge in [0, 0.05) is 62.0 Å². The van der Waals surface area contributed by atoms with E-state index in [1.54, 1.807) is 12.4 Å². The van der Waals surface area contributed by atoms with E-state index in [-0.39, 0.29) is 5.91 Å². The van der Waals surface area contributed by atoms with Crippen molar-refractivity contribution in [2.75, 3.05) is 31.2 Å². The van der Waals surface area contributed by atoms with Gasteiger partial charge in [-0.3, -0.25) is 9.78 Å². The lowest BCUT2D eigenvalue weighted by molar-refractivity contribution is 0.0951. The first kappa shape index (κ1) is 18.9. The Labute approximate surface area is 166 Å². The maximum Gasteiger partial charge on any atom is 0.251 e. The molecule has 2 aliphatic heterocycles. The van der Waals surface area contributed by atoms with E-state index in [0.717, 1.165) is 51.1 Å². The summed E-state index contributed by atoms with van der Waals surface area (Å²) in [6.45, 7) is 4.31. The Morgan fingerprint density at radius 1 is 1.11 bits per heavy atom. The SMILES string of the molecule is O=C(NCc1cccnc1)c1ccc(N2CCC(N[C@@H]3CCOC3)CC2)cc1. The van der Waals surface area contributed by atoms with E-state index in [1.807, 2.05) is 24.3 Å². The molecular weight excluding hydrogens is 352 g/mol. The van der Waals surface area contributed by atoms with E-state index in [1.165, 1.54) is 5.69 Å². The maximum absolute atomic E-state index is 12.3. The van der Waals surface area contributed by atoms with Crippen LogP contribution in [0, 0.1) is 0 Å². The highest BCUT2D eigenvalue weighted by molar-refractivity contribution is 5.94. The van der Waals surface area contributed by atoms with Crippen molar-refractivity contribution in [2.45, 2.75) is 37.9 Å². The molecular formula is C22H28N4O2. The first-order valence-electron chi connectivity index (χ1n) is 10.1. The minimum atomic E-state index is -0.0582. The summed E-state index contributed by atoms with van der Waals surface area (Å²) in [5.74, 6) is -0.0582. The van der Waals surface area contributed by atoms with E-state index in [4.69, 9.17) is 4.74 Å². The molecule has 3 heterocycles. The molecule has 4 rings (SSSR count). The smallest absolute Gasteiger partial charge is 0.251 e. The molecule has 148 valence electrons. The van der Waals surface area contributed by atoms with Crippen molar-refractivity contribution in [2.24, 2.45) is 0 Å². The number of anilines is 1. The normalized spacial score (nSPS) is 20.3. The highest BCUT2D eigenvalue weighted by Crippen LogP contribution is 2.21. The zero-order chi connectivity index (χ0) is 19.2. The average Bonchev–Trinajstić information content (AvgIpc) is 3.26. The van der Waals surface area contributed by atoms with Crippen LogP contribution in [-0.4, -0.2) is 49.3 Å². The molecule has 2 saturated heterocycles. The van der Waals surface area contributed by atoms with Crippen LogP contribution in [0.3, 0.4) is 0 Å². The molecule has 28 heavy (non-hydrogen) atoms. The number of nitrogens with zero attached hydrogens (tertiary/aromatic N) is 2. The fraction of sp³-hybridized carbons (Fsp3) is 0.455. The Morgan fingerprint density at radius 2 is 1.93 bits per heavy atom. The van der Waals surface area contributed by atoms with Crippen molar-refractivity contribution >= 4 is 11.6 Å². The number of benzene rings is 1. The van der Waals surface area contributed by atoms with Gasteiger partial charge in [0.15, 0.2) is 0 Å². The number of amides is 1. The summed E-state index contributed by atoms with van der Waals surface area (Å²) in [4.78, 5) is 18.8. The van der Waals surface area contributed by atoms with Crippen LogP contribution in [0.5, 0.6) is 0 Å². The first-order valence-corrected chi connectivity index (χ1v) is 10.1. The topological polar surface area (TPSA) is 66.5 Å². The Balaban J connectivity index is 1.25. The highest BCUT2D eigenvalue weighted by Gasteiger charge is 2.24. The Hall–Kier alpha value is -2.44. The van der Waals surface area contributed by atoms with Crippen LogP contribution < -0.4 is 15.5 Å². The fourth-order valence-electron chi connectivity index (χ4n) is 3.91. The van der Waals surface area contributed by atoms with Crippen LogP contribution in [0.4, 0.5) is 5.69 Å². The molecule has 2 aliphatic rings. The van der Waals surface area contributed by atoms with Gasteiger partial charge in [-0.05, 0) is 55.2 Å². The maximum atomic E-state index is 12.3. The summed E-state index contributed by atoms with van der Waals surface area (Å²) in [6.07, 6.45) is 6.91. The van der Waals surface area contributed by atoms with Crippen molar-refractivity contribution < 1.29 is 9.53 Å². The predicted octanol–water partition coefficient (Wildman–Crippen LogP) is 2.36. The van der Waals surface area contributed by atoms with E-state index in [9.17, 15) is 4.79 Å². The van der Waals surface area contributed by atoms with Crippen molar-refractivity contribution in [1.29, 1.82) is 0 Å². The van der Waals surface area contributed by atoms with Crippen molar-refractivity contribution in [3.05, 3.63) is 59.9 Å². The molecule has 0 aliphatic carbocycles. The summed E-state index contributed by atoms with van der Waals surface area (Å²) in [5, 5.41) is 6.68. The summed E-state index contributed by atoms with van der Waals surface area (Å²) < 4.78 is 5.45. The lowest BCUT2D eigenvalue weighted by Crippen LogP contribution is -2.46. The number of pyridine rings is 1. The molecule has 0 radical (unpaired) electrons. The van der Waals surface area contributed by atoms with E-state index >= 15 is 0 Å². The molecule has 2 aromatic rings. The Bertz CT molecular complexity index is 752. The largest absolute Gasteiger partial charge is 0.380 e. The van der Waals surface area contributed by atoms with Crippen LogP contribution in [0.15, 0.2) is 48.8 Å². The third kappa shape index (κ3) is 4.88. The summed E-state index contributed by atoms with van der Waals surface area (Å²) in [7, 11) is 0. The monoisotopic (exact) mass is 380 g/mol. The minimum Gasteiger partial charge on any atom is -0.380 e. The molecule has 0 saturated carbocycles. The van der Waals surface area contributed by atoms with E-state index in [2.05, 4.69) is 32.7 Å². The van der Waals surface area contributed by atoms with Crippen molar-refractivity contribution in [3.63, 3.8) is 0 Å². The van der Waals surface area contributed by atoms with Crippen molar-refractivity contribution in [1.82, 2.24) is 15.6 Å². The molecule has 1 amide bonds. The third-order valence-corrected chi connectivity index (χ3v) is 5.57. The second kappa shape index (κ2) is 9.17. The lowest BCUT2D eigenvalue weighted by atomic mass is 10.0. The van der Waals surface area contributed by atoms with Gasteiger partial charge in [-0.2, -0.15) is 0 Å². The molecule has 6 heteroatoms. The summed E-state index contributed by atoms with van der Waals surface area (Å²) in [6, 6.07) is 12.9. The second-order valence-corrected chi connectivity index (χ2v) is 7.58. The standard InChI is InChI=1S/C22H28N4O2/c27-22(24-15-17-2-1-10-23-14-17)18-3-5-21(6-4-18)26-11-7-19(8-12-26)25-20-9-13-28-16-20/h1-6,10,14,19-20,25H,7-9,11-13,15-16H2,(H,24,27)/t20-/m1/s1. The predicted molar refractivity (Wildman–Crippen MR) is 109 cm³/mol. The number of nitrogens with one attached hydrogen (secondary N) is 2. The van der Waals surface area contributed by atoms with Gasteiger partial charge in [-0.15, -0.1) is 0 Å². The molecule has 6 nitrogen and oxygen atoms in total. The van der Waals surface area contributed by atoms with Gasteiger partial charge in [0.25, 0.3) is 5.91 Å². The molecule has 1 atom stereocenters. The number of ether oxygens (including phenoxy) is 1. The Kier molecular flexibility index (Phi) is 6.19. The lowest BCUT2D eigenvalue weighted by Gasteiger charge is -2.35. The number of hydrogen-bond donors (Lipinski definition) is 2. The van der Waals surface area contributed by atoms with Crippen LogP contribution in [0.1, 0.15) is 35.2 Å². The van der Waals surface area contributed by atoms with Crippen LogP contribution in [0.25, 0.3) is 0 Å². The van der Waals surface area contributed by atoms with E-state index in [0.29, 0.717) is 24.2 Å². The van der Waals surface area contributed by atoms with Gasteiger partial charge in [-0.25, -0.2) is 0 Å². The highest BCUT2D eigenvalue weighted by atomic mass is 16.5. The molecule has 2 fully saturated rings. The number of rotatable bonds is 6. The quantitative estimate of drug-likeness (QED) is 0.805. The molecule has 2 N–H and O–H groups in total. The summed E-state index contributed by atoms with van der Waals surface area (Å²) >= 11 is 0. The number of aromatic nitrogens is 1. The van der Waals surface area contributed by atoms with Crippen molar-refractivity contribution in [3.8, 4) is 0 Å². The molecule has 0 bridgehead atoms. The summed E-state index contributed by atoms with van der Waals surface area (Å²) in [5.41, 5.74) is 2.87. The van der Waals surface area contributed by atoms with E-state index < -0.39 is 0 Å². The molecule has 1 aromatic heterocycles. The van der Waals surface area contributed by atoms with Gasteiger partial charge in [0.2, 0.25) is 0 Å². The van der Waals surface area contributed by atoms with Gasteiger partial charge >= 0.3 is 0 Å². The zero-order valence-electron chi connectivity index (χ0n) is 16.1. The van der Waals surface area contributed by atoms with Crippen LogP contribution >= 0.6 is 0 Å². The Morgan fingerprint density at radius 3 is 2.61 bits per heavy atom. The fourth-order valence-corrected chi connectivity index (χ4v) is 3.91. The van der Waals surface area contributed by atoms with Gasteiger partial charge < -0.3 is 20.3 Å². The van der Waals surface area contributed by atoms with Gasteiger partial charge in [0.1, 0.15) is 0 Å². The minimum absolute atomic E-state index is 0.0582. The number of hydrogen-bond acceptors (Lipinski definition) is 5. The third-order valence-electron chi connectivity index (χ3n) is 5.57. The molecule has 0 spiro atoms. The number of piperidine rings is 1. The van der Waals surface area contributed by atoms with Gasteiger partial charge in [0.05, 0.1) is 6.61 Å². The number of carbonyl (C=O) groups excluding carboxylic acids is 1. The van der Waals surface area contributed by atoms with Gasteiger partial charge in [-0.1, -0.05) is 6.07 Å². The molecule has 0 unspecified atom stereocenters. The number of carbonyl (C=O) groups is 1.